The molecule has 3 nitrogen and oxygen atoms in total. The van der Waals surface area contributed by atoms with Crippen LogP contribution < -0.4 is 11.3 Å². The van der Waals surface area contributed by atoms with Crippen LogP contribution >= 0.6 is 11.3 Å². The van der Waals surface area contributed by atoms with Crippen LogP contribution in [0.2, 0.25) is 0 Å². The van der Waals surface area contributed by atoms with E-state index >= 15 is 0 Å². The van der Waals surface area contributed by atoms with Crippen LogP contribution in [0.5, 0.6) is 0 Å². The molecular weight excluding hydrogens is 242 g/mol. The number of hydrogen-bond donors (Lipinski definition) is 2. The molecule has 1 aromatic heterocycles. The highest BCUT2D eigenvalue weighted by Gasteiger charge is 2.22. The van der Waals surface area contributed by atoms with Gasteiger partial charge >= 0.3 is 0 Å². The fourth-order valence-corrected chi connectivity index (χ4v) is 3.60. The zero-order valence-electron chi connectivity index (χ0n) is 11.3. The summed E-state index contributed by atoms with van der Waals surface area (Å²) < 4.78 is 0. The molecule has 3 N–H and O–H groups in total. The molecule has 1 aliphatic carbocycles. The average Bonchev–Trinajstić information content (AvgIpc) is 2.72. The number of thiazole rings is 1. The summed E-state index contributed by atoms with van der Waals surface area (Å²) in [5.41, 5.74) is 4.24. The maximum absolute atomic E-state index is 5.77. The number of hydrazine groups is 1. The van der Waals surface area contributed by atoms with E-state index < -0.39 is 0 Å². The van der Waals surface area contributed by atoms with Crippen molar-refractivity contribution in [1.29, 1.82) is 0 Å². The molecule has 0 saturated heterocycles. The number of nitrogens with zero attached hydrogens (tertiary/aromatic N) is 1. The number of aromatic nitrogens is 1. The van der Waals surface area contributed by atoms with Crippen LogP contribution in [0.25, 0.3) is 0 Å². The summed E-state index contributed by atoms with van der Waals surface area (Å²) in [6, 6.07) is 0.393. The van der Waals surface area contributed by atoms with Crippen LogP contribution in [-0.4, -0.2) is 11.0 Å². The Hall–Kier alpha value is -0.450. The van der Waals surface area contributed by atoms with E-state index in [4.69, 9.17) is 5.84 Å². The molecule has 0 bridgehead atoms. The second kappa shape index (κ2) is 7.22. The lowest BCUT2D eigenvalue weighted by atomic mass is 9.84. The second-order valence-corrected chi connectivity index (χ2v) is 6.50. The average molecular weight is 267 g/mol. The first-order valence-corrected chi connectivity index (χ1v) is 8.04. The van der Waals surface area contributed by atoms with E-state index in [0.29, 0.717) is 6.04 Å². The minimum atomic E-state index is 0.393. The van der Waals surface area contributed by atoms with Crippen LogP contribution in [0.4, 0.5) is 0 Å². The molecular formula is C14H25N3S. The minimum Gasteiger partial charge on any atom is -0.271 e. The normalized spacial score (nSPS) is 20.3. The number of rotatable bonds is 4. The molecule has 1 saturated carbocycles. The Bertz CT molecular complexity index is 343. The molecule has 0 spiro atoms. The topological polar surface area (TPSA) is 50.9 Å². The maximum Gasteiger partial charge on any atom is 0.0897 e. The third-order valence-corrected chi connectivity index (χ3v) is 4.85. The first kappa shape index (κ1) is 14.0. The SMILES string of the molecule is Cc1nc(CC(NN)C2CCCCCCC2)cs1. The van der Waals surface area contributed by atoms with Crippen molar-refractivity contribution >= 4 is 11.3 Å². The van der Waals surface area contributed by atoms with Gasteiger partial charge in [0.1, 0.15) is 0 Å². The van der Waals surface area contributed by atoms with Crippen molar-refractivity contribution in [3.05, 3.63) is 16.1 Å². The van der Waals surface area contributed by atoms with Crippen LogP contribution in [0, 0.1) is 12.8 Å². The highest BCUT2D eigenvalue weighted by Crippen LogP contribution is 2.26. The summed E-state index contributed by atoms with van der Waals surface area (Å²) in [6.45, 7) is 2.06. The van der Waals surface area contributed by atoms with Gasteiger partial charge in [0.2, 0.25) is 0 Å². The molecule has 0 amide bonds. The molecule has 0 aliphatic heterocycles. The van der Waals surface area contributed by atoms with Gasteiger partial charge in [-0.1, -0.05) is 32.1 Å². The zero-order chi connectivity index (χ0) is 12.8. The van der Waals surface area contributed by atoms with Crippen molar-refractivity contribution in [3.8, 4) is 0 Å². The molecule has 0 radical (unpaired) electrons. The zero-order valence-corrected chi connectivity index (χ0v) is 12.1. The Morgan fingerprint density at radius 3 is 2.56 bits per heavy atom. The summed E-state index contributed by atoms with van der Waals surface area (Å²) in [5.74, 6) is 6.49. The van der Waals surface area contributed by atoms with Crippen LogP contribution in [0.3, 0.4) is 0 Å². The largest absolute Gasteiger partial charge is 0.271 e. The molecule has 1 atom stereocenters. The van der Waals surface area contributed by atoms with Gasteiger partial charge in [0.25, 0.3) is 0 Å². The Morgan fingerprint density at radius 2 is 2.00 bits per heavy atom. The van der Waals surface area contributed by atoms with Gasteiger partial charge in [0.05, 0.1) is 10.7 Å². The Morgan fingerprint density at radius 1 is 1.33 bits per heavy atom. The Labute approximate surface area is 114 Å². The van der Waals surface area contributed by atoms with E-state index in [1.165, 1.54) is 50.6 Å². The van der Waals surface area contributed by atoms with Gasteiger partial charge in [-0.25, -0.2) is 4.98 Å². The van der Waals surface area contributed by atoms with Crippen molar-refractivity contribution in [1.82, 2.24) is 10.4 Å². The summed E-state index contributed by atoms with van der Waals surface area (Å²) in [7, 11) is 0. The van der Waals surface area contributed by atoms with Crippen molar-refractivity contribution in [2.24, 2.45) is 11.8 Å². The van der Waals surface area contributed by atoms with Crippen molar-refractivity contribution < 1.29 is 0 Å². The van der Waals surface area contributed by atoms with Gasteiger partial charge in [-0.05, 0) is 25.7 Å². The lowest BCUT2D eigenvalue weighted by Gasteiger charge is -2.27. The lowest BCUT2D eigenvalue weighted by Crippen LogP contribution is -2.42. The predicted octanol–water partition coefficient (Wildman–Crippen LogP) is 3.19. The molecule has 102 valence electrons. The van der Waals surface area contributed by atoms with Crippen molar-refractivity contribution in [2.45, 2.75) is 64.3 Å². The molecule has 1 fully saturated rings. The van der Waals surface area contributed by atoms with Crippen LogP contribution in [0.1, 0.15) is 55.6 Å². The molecule has 18 heavy (non-hydrogen) atoms. The Kier molecular flexibility index (Phi) is 5.60. The third kappa shape index (κ3) is 4.04. The summed E-state index contributed by atoms with van der Waals surface area (Å²) in [6.07, 6.45) is 10.5. The van der Waals surface area contributed by atoms with Crippen molar-refractivity contribution in [3.63, 3.8) is 0 Å². The molecule has 4 heteroatoms. The molecule has 1 aliphatic rings. The fraction of sp³-hybridized carbons (Fsp3) is 0.786. The van der Waals surface area contributed by atoms with Crippen molar-refractivity contribution in [2.75, 3.05) is 0 Å². The van der Waals surface area contributed by atoms with Crippen LogP contribution in [-0.2, 0) is 6.42 Å². The fourth-order valence-electron chi connectivity index (χ4n) is 2.98. The lowest BCUT2D eigenvalue weighted by molar-refractivity contribution is 0.284. The number of hydrogen-bond acceptors (Lipinski definition) is 4. The smallest absolute Gasteiger partial charge is 0.0897 e. The first-order chi connectivity index (χ1) is 8.79. The van der Waals surface area contributed by atoms with Gasteiger partial charge in [0.15, 0.2) is 0 Å². The van der Waals surface area contributed by atoms with Gasteiger partial charge in [-0.2, -0.15) is 0 Å². The molecule has 1 heterocycles. The van der Waals surface area contributed by atoms with E-state index in [1.807, 2.05) is 0 Å². The molecule has 2 rings (SSSR count). The third-order valence-electron chi connectivity index (χ3n) is 4.03. The maximum atomic E-state index is 5.77. The van der Waals surface area contributed by atoms with Gasteiger partial charge in [-0.15, -0.1) is 11.3 Å². The number of nitrogens with one attached hydrogen (secondary N) is 1. The predicted molar refractivity (Wildman–Crippen MR) is 77.5 cm³/mol. The van der Waals surface area contributed by atoms with Crippen LogP contribution in [0.15, 0.2) is 5.38 Å². The summed E-state index contributed by atoms with van der Waals surface area (Å²) in [4.78, 5) is 4.56. The number of aryl methyl sites for hydroxylation is 1. The Balaban J connectivity index is 1.93. The van der Waals surface area contributed by atoms with E-state index in [9.17, 15) is 0 Å². The molecule has 1 unspecified atom stereocenters. The van der Waals surface area contributed by atoms with E-state index in [2.05, 4.69) is 22.7 Å². The highest BCUT2D eigenvalue weighted by atomic mass is 32.1. The van der Waals surface area contributed by atoms with E-state index in [-0.39, 0.29) is 0 Å². The number of nitrogens with two attached hydrogens (primary N) is 1. The quantitative estimate of drug-likeness (QED) is 0.650. The highest BCUT2D eigenvalue weighted by molar-refractivity contribution is 7.09. The second-order valence-electron chi connectivity index (χ2n) is 5.44. The minimum absolute atomic E-state index is 0.393. The molecule has 1 aromatic rings. The van der Waals surface area contributed by atoms with Gasteiger partial charge < -0.3 is 0 Å². The van der Waals surface area contributed by atoms with Gasteiger partial charge in [0, 0.05) is 17.8 Å². The van der Waals surface area contributed by atoms with E-state index in [1.54, 1.807) is 11.3 Å². The molecule has 0 aromatic carbocycles. The summed E-state index contributed by atoms with van der Waals surface area (Å²) in [5, 5.41) is 3.32. The van der Waals surface area contributed by atoms with E-state index in [0.717, 1.165) is 17.3 Å². The monoisotopic (exact) mass is 267 g/mol. The van der Waals surface area contributed by atoms with Gasteiger partial charge in [-0.3, -0.25) is 11.3 Å². The summed E-state index contributed by atoms with van der Waals surface area (Å²) >= 11 is 1.73. The first-order valence-electron chi connectivity index (χ1n) is 7.16. The standard InChI is InChI=1S/C14H25N3S/c1-11-16-13(10-18-11)9-14(17-15)12-7-5-3-2-4-6-8-12/h10,12,14,17H,2-9,15H2,1H3.